The number of aliphatic carboxylic acids is 1. The molecule has 0 saturated heterocycles. The normalized spacial score (nSPS) is 15.3. The Hall–Kier alpha value is -1.99. The fourth-order valence-corrected chi connectivity index (χ4v) is 2.43. The molecule has 7 nitrogen and oxygen atoms in total. The minimum absolute atomic E-state index is 0.0213. The van der Waals surface area contributed by atoms with Gasteiger partial charge in [-0.05, 0) is 25.7 Å². The quantitative estimate of drug-likeness (QED) is 0.598. The molecule has 0 atom stereocenters. The van der Waals surface area contributed by atoms with E-state index in [4.69, 9.17) is 5.11 Å². The number of aryl methyl sites for hydroxylation is 1. The van der Waals surface area contributed by atoms with Crippen LogP contribution in [0.25, 0.3) is 0 Å². The van der Waals surface area contributed by atoms with Crippen LogP contribution in [0.2, 0.25) is 0 Å². The Balaban J connectivity index is 1.74. The lowest BCUT2D eigenvalue weighted by Crippen LogP contribution is -2.32. The zero-order chi connectivity index (χ0) is 16.7. The topological polar surface area (TPSA) is 97.1 Å². The lowest BCUT2D eigenvalue weighted by molar-refractivity contribution is -0.137. The Morgan fingerprint density at radius 3 is 2.78 bits per heavy atom. The van der Waals surface area contributed by atoms with Gasteiger partial charge < -0.3 is 10.4 Å². The highest BCUT2D eigenvalue weighted by molar-refractivity contribution is 5.75. The molecular weight excluding hydrogens is 303 g/mol. The molecular formula is C15H23FN4O3. The number of carbonyl (C=O) groups excluding carboxylic acids is 1. The average Bonchev–Trinajstić information content (AvgIpc) is 3.13. The van der Waals surface area contributed by atoms with Crippen LogP contribution in [0.4, 0.5) is 4.39 Å². The van der Waals surface area contributed by atoms with Crippen LogP contribution in [0.5, 0.6) is 0 Å². The number of nitrogens with zero attached hydrogens (tertiary/aromatic N) is 3. The molecule has 1 aromatic rings. The minimum Gasteiger partial charge on any atom is -0.481 e. The van der Waals surface area contributed by atoms with Gasteiger partial charge in [0.1, 0.15) is 0 Å². The summed E-state index contributed by atoms with van der Waals surface area (Å²) in [6.45, 7) is 0.872. The molecule has 1 heterocycles. The highest BCUT2D eigenvalue weighted by Crippen LogP contribution is 2.46. The first-order valence-electron chi connectivity index (χ1n) is 7.96. The van der Waals surface area contributed by atoms with Gasteiger partial charge in [-0.2, -0.15) is 0 Å². The predicted octanol–water partition coefficient (Wildman–Crippen LogP) is 1.33. The number of unbranched alkanes of at least 4 members (excludes halogenated alkanes) is 1. The van der Waals surface area contributed by atoms with Crippen LogP contribution in [-0.2, 0) is 22.6 Å². The summed E-state index contributed by atoms with van der Waals surface area (Å²) in [6.07, 6.45) is 5.58. The standard InChI is InChI=1S/C15H23FN4O3/c16-8-2-1-3-13(21)17-10-15(6-7-15)11-20-9-12(18-19-20)4-5-14(22)23/h9H,1-8,10-11H2,(H,17,21)(H,22,23). The molecule has 0 aliphatic heterocycles. The number of halogens is 1. The first kappa shape index (κ1) is 17.4. The number of carboxylic acids is 1. The summed E-state index contributed by atoms with van der Waals surface area (Å²) in [5, 5.41) is 19.6. The zero-order valence-electron chi connectivity index (χ0n) is 13.1. The van der Waals surface area contributed by atoms with E-state index in [0.29, 0.717) is 44.5 Å². The minimum atomic E-state index is -0.853. The molecule has 0 aromatic carbocycles. The van der Waals surface area contributed by atoms with Crippen molar-refractivity contribution in [3.8, 4) is 0 Å². The zero-order valence-corrected chi connectivity index (χ0v) is 13.1. The lowest BCUT2D eigenvalue weighted by Gasteiger charge is -2.15. The van der Waals surface area contributed by atoms with Crippen LogP contribution < -0.4 is 5.32 Å². The Morgan fingerprint density at radius 1 is 1.35 bits per heavy atom. The van der Waals surface area contributed by atoms with Crippen LogP contribution in [0.15, 0.2) is 6.20 Å². The van der Waals surface area contributed by atoms with E-state index in [1.165, 1.54) is 0 Å². The van der Waals surface area contributed by atoms with Crippen LogP contribution in [0.3, 0.4) is 0 Å². The maximum atomic E-state index is 12.0. The molecule has 2 N–H and O–H groups in total. The van der Waals surface area contributed by atoms with E-state index in [2.05, 4.69) is 15.6 Å². The van der Waals surface area contributed by atoms with E-state index in [-0.39, 0.29) is 24.4 Å². The number of amides is 1. The molecule has 0 spiro atoms. The van der Waals surface area contributed by atoms with Gasteiger partial charge in [-0.1, -0.05) is 5.21 Å². The van der Waals surface area contributed by atoms with E-state index in [1.807, 2.05) is 0 Å². The van der Waals surface area contributed by atoms with Gasteiger partial charge in [0.25, 0.3) is 0 Å². The number of nitrogens with one attached hydrogen (secondary N) is 1. The summed E-state index contributed by atoms with van der Waals surface area (Å²) in [4.78, 5) is 22.2. The number of hydrogen-bond acceptors (Lipinski definition) is 4. The monoisotopic (exact) mass is 326 g/mol. The third-order valence-corrected chi connectivity index (χ3v) is 4.08. The van der Waals surface area contributed by atoms with Crippen molar-refractivity contribution in [2.75, 3.05) is 13.2 Å². The van der Waals surface area contributed by atoms with Crippen LogP contribution in [-0.4, -0.2) is 45.2 Å². The molecule has 1 aliphatic rings. The Morgan fingerprint density at radius 2 is 2.13 bits per heavy atom. The van der Waals surface area contributed by atoms with Gasteiger partial charge in [-0.25, -0.2) is 0 Å². The molecule has 23 heavy (non-hydrogen) atoms. The first-order chi connectivity index (χ1) is 11.0. The molecule has 0 unspecified atom stereocenters. The summed E-state index contributed by atoms with van der Waals surface area (Å²) in [6, 6.07) is 0. The molecule has 1 saturated carbocycles. The Labute approximate surface area is 134 Å². The third kappa shape index (κ3) is 5.96. The van der Waals surface area contributed by atoms with E-state index in [0.717, 1.165) is 12.8 Å². The van der Waals surface area contributed by atoms with Crippen LogP contribution >= 0.6 is 0 Å². The SMILES string of the molecule is O=C(O)CCc1cn(CC2(CNC(=O)CCCCF)CC2)nn1. The van der Waals surface area contributed by atoms with E-state index in [9.17, 15) is 14.0 Å². The number of alkyl halides is 1. The summed E-state index contributed by atoms with van der Waals surface area (Å²) in [5.74, 6) is -0.890. The van der Waals surface area contributed by atoms with E-state index >= 15 is 0 Å². The van der Waals surface area contributed by atoms with Gasteiger partial charge in [0.05, 0.1) is 18.8 Å². The Kier molecular flexibility index (Phi) is 6.06. The fourth-order valence-electron chi connectivity index (χ4n) is 2.43. The number of rotatable bonds is 11. The van der Waals surface area contributed by atoms with Crippen molar-refractivity contribution in [1.29, 1.82) is 0 Å². The van der Waals surface area contributed by atoms with Gasteiger partial charge in [0.15, 0.2) is 0 Å². The second kappa shape index (κ2) is 8.03. The summed E-state index contributed by atoms with van der Waals surface area (Å²) >= 11 is 0. The van der Waals surface area contributed by atoms with Crippen molar-refractivity contribution in [1.82, 2.24) is 20.3 Å². The summed E-state index contributed by atoms with van der Waals surface area (Å²) in [5.41, 5.74) is 0.687. The van der Waals surface area contributed by atoms with E-state index in [1.54, 1.807) is 10.9 Å². The molecule has 0 bridgehead atoms. The maximum absolute atomic E-state index is 12.0. The molecule has 128 valence electrons. The van der Waals surface area contributed by atoms with Crippen molar-refractivity contribution in [2.45, 2.75) is 51.5 Å². The highest BCUT2D eigenvalue weighted by Gasteiger charge is 2.43. The van der Waals surface area contributed by atoms with Gasteiger partial charge in [0, 0.05) is 37.5 Å². The second-order valence-corrected chi connectivity index (χ2v) is 6.22. The van der Waals surface area contributed by atoms with Gasteiger partial charge in [-0.15, -0.1) is 5.10 Å². The first-order valence-corrected chi connectivity index (χ1v) is 7.96. The van der Waals surface area contributed by atoms with Crippen molar-refractivity contribution in [3.05, 3.63) is 11.9 Å². The van der Waals surface area contributed by atoms with Crippen molar-refractivity contribution < 1.29 is 19.1 Å². The van der Waals surface area contributed by atoms with E-state index < -0.39 is 5.97 Å². The largest absolute Gasteiger partial charge is 0.481 e. The van der Waals surface area contributed by atoms with Crippen LogP contribution in [0.1, 0.15) is 44.2 Å². The van der Waals surface area contributed by atoms with Crippen LogP contribution in [0, 0.1) is 5.41 Å². The molecule has 2 rings (SSSR count). The summed E-state index contributed by atoms with van der Waals surface area (Å²) < 4.78 is 13.7. The second-order valence-electron chi connectivity index (χ2n) is 6.22. The smallest absolute Gasteiger partial charge is 0.303 e. The number of carboxylic acid groups (broad SMARTS) is 1. The number of carbonyl (C=O) groups is 2. The molecule has 8 heteroatoms. The number of hydrogen-bond donors (Lipinski definition) is 2. The van der Waals surface area contributed by atoms with Crippen molar-refractivity contribution >= 4 is 11.9 Å². The van der Waals surface area contributed by atoms with Gasteiger partial charge in [0.2, 0.25) is 5.91 Å². The average molecular weight is 326 g/mol. The fraction of sp³-hybridized carbons (Fsp3) is 0.733. The third-order valence-electron chi connectivity index (χ3n) is 4.08. The van der Waals surface area contributed by atoms with Gasteiger partial charge in [-0.3, -0.25) is 18.7 Å². The maximum Gasteiger partial charge on any atom is 0.303 e. The molecule has 0 radical (unpaired) electrons. The highest BCUT2D eigenvalue weighted by atomic mass is 19.1. The number of aromatic nitrogens is 3. The Bertz CT molecular complexity index is 543. The van der Waals surface area contributed by atoms with Crippen molar-refractivity contribution in [2.24, 2.45) is 5.41 Å². The molecule has 1 aliphatic carbocycles. The molecule has 1 fully saturated rings. The predicted molar refractivity (Wildman–Crippen MR) is 80.5 cm³/mol. The molecule has 1 amide bonds. The lowest BCUT2D eigenvalue weighted by atomic mass is 10.1. The summed E-state index contributed by atoms with van der Waals surface area (Å²) in [7, 11) is 0. The van der Waals surface area contributed by atoms with Crippen molar-refractivity contribution in [3.63, 3.8) is 0 Å². The molecule has 1 aromatic heterocycles. The van der Waals surface area contributed by atoms with Gasteiger partial charge >= 0.3 is 5.97 Å².